The molecule has 2 heterocycles. The predicted octanol–water partition coefficient (Wildman–Crippen LogP) is 10.5. The first-order valence-corrected chi connectivity index (χ1v) is 23.2. The van der Waals surface area contributed by atoms with Crippen LogP contribution in [0, 0.1) is 0 Å². The van der Waals surface area contributed by atoms with Gasteiger partial charge in [-0.2, -0.15) is 0 Å². The second-order valence-corrected chi connectivity index (χ2v) is 16.9. The largest absolute Gasteiger partial charge is 0.507 e. The molecule has 0 radical (unpaired) electrons. The van der Waals surface area contributed by atoms with Gasteiger partial charge in [0.2, 0.25) is 17.5 Å². The molecule has 2 N–H and O–H groups in total. The quantitative estimate of drug-likeness (QED) is 0.0695. The van der Waals surface area contributed by atoms with Gasteiger partial charge in [0.05, 0.1) is 26.4 Å². The van der Waals surface area contributed by atoms with Crippen molar-refractivity contribution in [2.45, 2.75) is 70.7 Å². The van der Waals surface area contributed by atoms with Crippen LogP contribution >= 0.6 is 0 Å². The Morgan fingerprint density at radius 3 is 1.63 bits per heavy atom. The third-order valence-corrected chi connectivity index (χ3v) is 11.7. The van der Waals surface area contributed by atoms with E-state index >= 15 is 4.79 Å². The molecule has 0 amide bonds. The minimum atomic E-state index is -1.57. The molecule has 362 valence electrons. The highest BCUT2D eigenvalue weighted by molar-refractivity contribution is 5.88. The number of benzene rings is 7. The predicted molar refractivity (Wildman–Crippen MR) is 264 cm³/mol. The van der Waals surface area contributed by atoms with Gasteiger partial charge in [-0.1, -0.05) is 152 Å². The SMILES string of the molecule is CC(=O)OC1C(OCc2ccccc2)[C@H](OCc2ccccc2)C(COCc2ccccc2)O[C@H]1Oc1c(-c2ccc(OCc3ccccc3)c(O)c2)oc2cc(OCc3ccccc3)cc(O)c2c1=O. The highest BCUT2D eigenvalue weighted by Gasteiger charge is 2.51. The number of phenols is 2. The first kappa shape index (κ1) is 48.1. The second kappa shape index (κ2) is 23.1. The molecule has 0 saturated carbocycles. The number of fused-ring (bicyclic) bond motifs is 1. The van der Waals surface area contributed by atoms with Crippen LogP contribution in [-0.2, 0) is 61.5 Å². The van der Waals surface area contributed by atoms with Gasteiger partial charge in [0.15, 0.2) is 23.4 Å². The van der Waals surface area contributed by atoms with Crippen LogP contribution in [0.15, 0.2) is 191 Å². The van der Waals surface area contributed by atoms with Crippen LogP contribution in [0.1, 0.15) is 34.7 Å². The van der Waals surface area contributed by atoms with Gasteiger partial charge in [-0.3, -0.25) is 9.59 Å². The fraction of sp³-hybridized carbons (Fsp3) is 0.207. The highest BCUT2D eigenvalue weighted by atomic mass is 16.7. The molecule has 5 atom stereocenters. The number of rotatable bonds is 20. The van der Waals surface area contributed by atoms with Gasteiger partial charge in [0.25, 0.3) is 0 Å². The van der Waals surface area contributed by atoms with Gasteiger partial charge in [-0.25, -0.2) is 0 Å². The molecule has 1 aliphatic heterocycles. The average molecular weight is 957 g/mol. The smallest absolute Gasteiger partial charge is 0.303 e. The summed E-state index contributed by atoms with van der Waals surface area (Å²) in [5.41, 5.74) is 3.72. The van der Waals surface area contributed by atoms with Crippen LogP contribution in [0.2, 0.25) is 0 Å². The summed E-state index contributed by atoms with van der Waals surface area (Å²) in [6, 6.07) is 54.9. The standard InChI is InChI=1S/C58H52O13/c1-38(59)68-57-56(67-36-43-25-15-6-16-26-43)54(66-35-42-23-13-5-14-24-42)50(37-63-32-39-17-7-2-8-18-39)70-58(57)71-55-52(62)51-47(61)30-45(64-33-40-19-9-3-10-20-40)31-49(51)69-53(55)44-27-28-48(46(60)29-44)65-34-41-21-11-4-12-22-41/h2-31,50,54,56-58,60-61H,32-37H2,1H3/t50?,54-,56?,57?,58+/m1/s1. The molecule has 13 nitrogen and oxygen atoms in total. The first-order chi connectivity index (χ1) is 34.8. The number of esters is 1. The molecule has 7 aromatic carbocycles. The van der Waals surface area contributed by atoms with Crippen LogP contribution in [-0.4, -0.2) is 53.5 Å². The molecule has 13 heteroatoms. The van der Waals surface area contributed by atoms with Crippen molar-refractivity contribution in [3.05, 3.63) is 220 Å². The summed E-state index contributed by atoms with van der Waals surface area (Å²) in [6.45, 7) is 1.97. The van der Waals surface area contributed by atoms with Crippen molar-refractivity contribution in [3.63, 3.8) is 0 Å². The molecule has 9 rings (SSSR count). The van der Waals surface area contributed by atoms with E-state index in [-0.39, 0.29) is 79.2 Å². The molecule has 0 aliphatic carbocycles. The lowest BCUT2D eigenvalue weighted by molar-refractivity contribution is -0.302. The van der Waals surface area contributed by atoms with E-state index in [9.17, 15) is 15.0 Å². The summed E-state index contributed by atoms with van der Waals surface area (Å²) in [6.07, 6.45) is -5.89. The van der Waals surface area contributed by atoms with Crippen LogP contribution in [0.5, 0.6) is 28.7 Å². The normalized spacial score (nSPS) is 17.6. The van der Waals surface area contributed by atoms with Crippen molar-refractivity contribution in [1.29, 1.82) is 0 Å². The molecule has 1 aromatic heterocycles. The highest BCUT2D eigenvalue weighted by Crippen LogP contribution is 2.41. The Hall–Kier alpha value is -7.94. The number of hydrogen-bond acceptors (Lipinski definition) is 13. The molecule has 3 unspecified atom stereocenters. The van der Waals surface area contributed by atoms with Crippen LogP contribution in [0.3, 0.4) is 0 Å². The maximum atomic E-state index is 15.1. The Balaban J connectivity index is 1.13. The van der Waals surface area contributed by atoms with Crippen molar-refractivity contribution in [2.75, 3.05) is 6.61 Å². The Morgan fingerprint density at radius 1 is 0.563 bits per heavy atom. The van der Waals surface area contributed by atoms with Crippen molar-refractivity contribution in [3.8, 4) is 40.1 Å². The monoisotopic (exact) mass is 956 g/mol. The van der Waals surface area contributed by atoms with E-state index in [1.807, 2.05) is 152 Å². The third-order valence-electron chi connectivity index (χ3n) is 11.7. The molecular formula is C58H52O13. The maximum absolute atomic E-state index is 15.1. The number of hydrogen-bond donors (Lipinski definition) is 2. The van der Waals surface area contributed by atoms with Crippen molar-refractivity contribution >= 4 is 16.9 Å². The second-order valence-electron chi connectivity index (χ2n) is 16.9. The topological polar surface area (TPSA) is 162 Å². The lowest BCUT2D eigenvalue weighted by Gasteiger charge is -2.45. The third kappa shape index (κ3) is 12.3. The van der Waals surface area contributed by atoms with Gasteiger partial charge >= 0.3 is 5.97 Å². The van der Waals surface area contributed by atoms with Crippen molar-refractivity contribution in [2.24, 2.45) is 0 Å². The lowest BCUT2D eigenvalue weighted by Crippen LogP contribution is -2.63. The van der Waals surface area contributed by atoms with Crippen LogP contribution < -0.4 is 19.6 Å². The van der Waals surface area contributed by atoms with E-state index in [4.69, 9.17) is 42.3 Å². The summed E-state index contributed by atoms with van der Waals surface area (Å²) >= 11 is 0. The average Bonchev–Trinajstić information content (AvgIpc) is 3.39. The molecule has 0 spiro atoms. The lowest BCUT2D eigenvalue weighted by atomic mass is 9.97. The molecule has 1 saturated heterocycles. The van der Waals surface area contributed by atoms with Gasteiger partial charge in [-0.05, 0) is 46.0 Å². The van der Waals surface area contributed by atoms with Gasteiger partial charge < -0.3 is 52.5 Å². The Bertz CT molecular complexity index is 3040. The first-order valence-electron chi connectivity index (χ1n) is 23.2. The van der Waals surface area contributed by atoms with E-state index in [2.05, 4.69) is 0 Å². The number of ether oxygens (including phenoxy) is 8. The van der Waals surface area contributed by atoms with Crippen LogP contribution in [0.25, 0.3) is 22.3 Å². The van der Waals surface area contributed by atoms with E-state index in [1.54, 1.807) is 12.1 Å². The minimum absolute atomic E-state index is 0.0453. The number of aromatic hydroxyl groups is 2. The zero-order valence-electron chi connectivity index (χ0n) is 38.8. The fourth-order valence-electron chi connectivity index (χ4n) is 8.23. The summed E-state index contributed by atoms with van der Waals surface area (Å²) in [5.74, 6) is -1.60. The minimum Gasteiger partial charge on any atom is -0.507 e. The zero-order chi connectivity index (χ0) is 48.9. The molecular weight excluding hydrogens is 905 g/mol. The molecule has 0 bridgehead atoms. The van der Waals surface area contributed by atoms with E-state index in [0.717, 1.165) is 27.8 Å². The van der Waals surface area contributed by atoms with Crippen LogP contribution in [0.4, 0.5) is 0 Å². The van der Waals surface area contributed by atoms with Gasteiger partial charge in [0.1, 0.15) is 54.0 Å². The van der Waals surface area contributed by atoms with Crippen molar-refractivity contribution in [1.82, 2.24) is 0 Å². The molecule has 8 aromatic rings. The summed E-state index contributed by atoms with van der Waals surface area (Å²) in [5, 5.41) is 22.7. The summed E-state index contributed by atoms with van der Waals surface area (Å²) in [4.78, 5) is 28.2. The molecule has 71 heavy (non-hydrogen) atoms. The molecule has 1 aliphatic rings. The summed E-state index contributed by atoms with van der Waals surface area (Å²) < 4.78 is 57.8. The van der Waals surface area contributed by atoms with Gasteiger partial charge in [0, 0.05) is 24.6 Å². The number of carbonyl (C=O) groups excluding carboxylic acids is 1. The van der Waals surface area contributed by atoms with Crippen molar-refractivity contribution < 1.29 is 57.3 Å². The molecule has 1 fully saturated rings. The Morgan fingerprint density at radius 2 is 1.08 bits per heavy atom. The number of carbonyl (C=O) groups is 1. The summed E-state index contributed by atoms with van der Waals surface area (Å²) in [7, 11) is 0. The fourth-order valence-corrected chi connectivity index (χ4v) is 8.23. The Labute approximate surface area is 410 Å². The Kier molecular flexibility index (Phi) is 15.7. The van der Waals surface area contributed by atoms with E-state index in [1.165, 1.54) is 25.1 Å². The zero-order valence-corrected chi connectivity index (χ0v) is 38.8. The maximum Gasteiger partial charge on any atom is 0.303 e. The van der Waals surface area contributed by atoms with E-state index in [0.29, 0.717) is 0 Å². The number of phenolic OH excluding ortho intramolecular Hbond substituents is 2. The van der Waals surface area contributed by atoms with Gasteiger partial charge in [-0.15, -0.1) is 0 Å². The van der Waals surface area contributed by atoms with E-state index < -0.39 is 53.6 Å².